The van der Waals surface area contributed by atoms with Gasteiger partial charge >= 0.3 is 0 Å². The molecule has 0 aliphatic heterocycles. The predicted molar refractivity (Wildman–Crippen MR) is 59.9 cm³/mol. The highest BCUT2D eigenvalue weighted by Gasteiger charge is 2.03. The van der Waals surface area contributed by atoms with E-state index in [0.717, 1.165) is 23.3 Å². The van der Waals surface area contributed by atoms with Crippen LogP contribution in [0.15, 0.2) is 12.4 Å². The van der Waals surface area contributed by atoms with Crippen molar-refractivity contribution >= 4 is 16.7 Å². The van der Waals surface area contributed by atoms with Gasteiger partial charge in [0.2, 0.25) is 5.13 Å². The Kier molecular flexibility index (Phi) is 2.96. The average Bonchev–Trinajstić information content (AvgIpc) is 2.83. The molecule has 0 spiro atoms. The molecule has 5 nitrogen and oxygen atoms in total. The van der Waals surface area contributed by atoms with E-state index in [1.807, 2.05) is 19.3 Å². The SMILES string of the molecule is CCn1ccnc1CNc1nc(C)ns1. The third kappa shape index (κ3) is 2.33. The van der Waals surface area contributed by atoms with Crippen LogP contribution in [0.5, 0.6) is 0 Å². The number of aromatic nitrogens is 4. The molecule has 0 aliphatic carbocycles. The molecule has 15 heavy (non-hydrogen) atoms. The van der Waals surface area contributed by atoms with Crippen molar-refractivity contribution in [2.45, 2.75) is 26.9 Å². The minimum absolute atomic E-state index is 0.690. The first-order valence-electron chi connectivity index (χ1n) is 4.83. The van der Waals surface area contributed by atoms with Crippen LogP contribution in [0.4, 0.5) is 5.13 Å². The van der Waals surface area contributed by atoms with Gasteiger partial charge in [0.15, 0.2) is 0 Å². The molecule has 0 fully saturated rings. The Balaban J connectivity index is 1.98. The highest BCUT2D eigenvalue weighted by atomic mass is 32.1. The predicted octanol–water partition coefficient (Wildman–Crippen LogP) is 1.68. The highest BCUT2D eigenvalue weighted by molar-refractivity contribution is 7.09. The summed E-state index contributed by atoms with van der Waals surface area (Å²) in [5, 5.41) is 4.05. The second-order valence-corrected chi connectivity index (χ2v) is 3.88. The van der Waals surface area contributed by atoms with Crippen LogP contribution in [-0.4, -0.2) is 18.9 Å². The van der Waals surface area contributed by atoms with Crippen LogP contribution in [0.3, 0.4) is 0 Å². The molecule has 0 atom stereocenters. The largest absolute Gasteiger partial charge is 0.353 e. The van der Waals surface area contributed by atoms with Gasteiger partial charge in [0.1, 0.15) is 11.6 Å². The van der Waals surface area contributed by atoms with E-state index < -0.39 is 0 Å². The van der Waals surface area contributed by atoms with Gasteiger partial charge < -0.3 is 9.88 Å². The van der Waals surface area contributed by atoms with Crippen LogP contribution in [-0.2, 0) is 13.1 Å². The summed E-state index contributed by atoms with van der Waals surface area (Å²) < 4.78 is 6.20. The molecule has 0 bridgehead atoms. The van der Waals surface area contributed by atoms with Crippen molar-refractivity contribution in [3.63, 3.8) is 0 Å². The Labute approximate surface area is 92.4 Å². The maximum absolute atomic E-state index is 4.27. The minimum Gasteiger partial charge on any atom is -0.353 e. The maximum atomic E-state index is 4.27. The smallest absolute Gasteiger partial charge is 0.202 e. The fraction of sp³-hybridized carbons (Fsp3) is 0.444. The average molecular weight is 223 g/mol. The second kappa shape index (κ2) is 4.39. The molecule has 2 rings (SSSR count). The second-order valence-electron chi connectivity index (χ2n) is 3.13. The molecule has 0 amide bonds. The summed E-state index contributed by atoms with van der Waals surface area (Å²) in [7, 11) is 0. The van der Waals surface area contributed by atoms with Crippen LogP contribution in [0.25, 0.3) is 0 Å². The number of anilines is 1. The number of nitrogens with zero attached hydrogens (tertiary/aromatic N) is 4. The molecule has 0 radical (unpaired) electrons. The van der Waals surface area contributed by atoms with E-state index in [1.54, 1.807) is 0 Å². The van der Waals surface area contributed by atoms with E-state index in [9.17, 15) is 0 Å². The van der Waals surface area contributed by atoms with Crippen molar-refractivity contribution in [2.24, 2.45) is 0 Å². The van der Waals surface area contributed by atoms with Gasteiger partial charge in [-0.3, -0.25) is 0 Å². The Morgan fingerprint density at radius 3 is 3.07 bits per heavy atom. The molecule has 2 heterocycles. The standard InChI is InChI=1S/C9H13N5S/c1-3-14-5-4-10-8(14)6-11-9-12-7(2)13-15-9/h4-5H,3,6H2,1-2H3,(H,11,12,13). The molecule has 2 aromatic rings. The Hall–Kier alpha value is -1.43. The van der Waals surface area contributed by atoms with Gasteiger partial charge in [-0.25, -0.2) is 9.97 Å². The van der Waals surface area contributed by atoms with E-state index in [2.05, 4.69) is 31.1 Å². The fourth-order valence-corrected chi connectivity index (χ4v) is 1.89. The molecule has 2 aromatic heterocycles. The van der Waals surface area contributed by atoms with Crippen LogP contribution in [0.2, 0.25) is 0 Å². The summed E-state index contributed by atoms with van der Waals surface area (Å²) in [6.45, 7) is 5.61. The topological polar surface area (TPSA) is 55.6 Å². The van der Waals surface area contributed by atoms with Crippen molar-refractivity contribution in [1.29, 1.82) is 0 Å². The van der Waals surface area contributed by atoms with Gasteiger partial charge in [-0.2, -0.15) is 4.37 Å². The molecule has 0 saturated heterocycles. The quantitative estimate of drug-likeness (QED) is 0.856. The normalized spacial score (nSPS) is 10.5. The third-order valence-electron chi connectivity index (χ3n) is 2.07. The van der Waals surface area contributed by atoms with Crippen LogP contribution in [0.1, 0.15) is 18.6 Å². The van der Waals surface area contributed by atoms with E-state index >= 15 is 0 Å². The van der Waals surface area contributed by atoms with Crippen molar-refractivity contribution in [1.82, 2.24) is 18.9 Å². The zero-order valence-corrected chi connectivity index (χ0v) is 9.58. The number of hydrogen-bond donors (Lipinski definition) is 1. The first-order chi connectivity index (χ1) is 7.29. The van der Waals surface area contributed by atoms with E-state index in [1.165, 1.54) is 11.5 Å². The van der Waals surface area contributed by atoms with Crippen LogP contribution in [0, 0.1) is 6.92 Å². The Bertz CT molecular complexity index is 433. The molecule has 0 unspecified atom stereocenters. The van der Waals surface area contributed by atoms with Gasteiger partial charge in [0.05, 0.1) is 6.54 Å². The minimum atomic E-state index is 0.690. The molecular formula is C9H13N5S. The van der Waals surface area contributed by atoms with Crippen molar-refractivity contribution < 1.29 is 0 Å². The molecule has 0 saturated carbocycles. The zero-order valence-electron chi connectivity index (χ0n) is 8.77. The van der Waals surface area contributed by atoms with Gasteiger partial charge in [-0.15, -0.1) is 0 Å². The highest BCUT2D eigenvalue weighted by Crippen LogP contribution is 2.11. The molecule has 0 aromatic carbocycles. The number of nitrogens with one attached hydrogen (secondary N) is 1. The Morgan fingerprint density at radius 1 is 1.53 bits per heavy atom. The van der Waals surface area contributed by atoms with Gasteiger partial charge in [0, 0.05) is 30.5 Å². The number of rotatable bonds is 4. The molecule has 1 N–H and O–H groups in total. The van der Waals surface area contributed by atoms with E-state index in [4.69, 9.17) is 0 Å². The summed E-state index contributed by atoms with van der Waals surface area (Å²) in [6, 6.07) is 0. The summed E-state index contributed by atoms with van der Waals surface area (Å²) in [4.78, 5) is 8.49. The lowest BCUT2D eigenvalue weighted by atomic mass is 10.5. The number of hydrogen-bond acceptors (Lipinski definition) is 5. The molecular weight excluding hydrogens is 210 g/mol. The summed E-state index contributed by atoms with van der Waals surface area (Å²) in [5.41, 5.74) is 0. The first-order valence-corrected chi connectivity index (χ1v) is 5.61. The number of imidazole rings is 1. The maximum Gasteiger partial charge on any atom is 0.202 e. The lowest BCUT2D eigenvalue weighted by Crippen LogP contribution is -2.07. The lowest BCUT2D eigenvalue weighted by molar-refractivity contribution is 0.708. The monoisotopic (exact) mass is 223 g/mol. The number of aryl methyl sites for hydroxylation is 2. The van der Waals surface area contributed by atoms with E-state index in [0.29, 0.717) is 6.54 Å². The summed E-state index contributed by atoms with van der Waals surface area (Å²) in [5.74, 6) is 1.83. The zero-order chi connectivity index (χ0) is 10.7. The third-order valence-corrected chi connectivity index (χ3v) is 2.83. The van der Waals surface area contributed by atoms with Crippen molar-refractivity contribution in [2.75, 3.05) is 5.32 Å². The van der Waals surface area contributed by atoms with Gasteiger partial charge in [0.25, 0.3) is 0 Å². The van der Waals surface area contributed by atoms with E-state index in [-0.39, 0.29) is 0 Å². The summed E-state index contributed by atoms with van der Waals surface area (Å²) >= 11 is 1.38. The molecule has 0 aliphatic rings. The molecule has 6 heteroatoms. The van der Waals surface area contributed by atoms with Gasteiger partial charge in [-0.1, -0.05) is 0 Å². The van der Waals surface area contributed by atoms with Gasteiger partial charge in [-0.05, 0) is 13.8 Å². The molecule has 80 valence electrons. The summed E-state index contributed by atoms with van der Waals surface area (Å²) in [6.07, 6.45) is 3.79. The first kappa shape index (κ1) is 10.1. The van der Waals surface area contributed by atoms with Crippen LogP contribution >= 0.6 is 11.5 Å². The van der Waals surface area contributed by atoms with Crippen molar-refractivity contribution in [3.05, 3.63) is 24.0 Å². The van der Waals surface area contributed by atoms with Crippen molar-refractivity contribution in [3.8, 4) is 0 Å². The van der Waals surface area contributed by atoms with Crippen LogP contribution < -0.4 is 5.32 Å². The fourth-order valence-electron chi connectivity index (χ4n) is 1.32. The lowest BCUT2D eigenvalue weighted by Gasteiger charge is -2.04. The Morgan fingerprint density at radius 2 is 2.40 bits per heavy atom.